The molecule has 20 heavy (non-hydrogen) atoms. The minimum absolute atomic E-state index is 0.0261. The lowest BCUT2D eigenvalue weighted by atomic mass is 9.97. The van der Waals surface area contributed by atoms with Crippen LogP contribution in [0.5, 0.6) is 0 Å². The van der Waals surface area contributed by atoms with Gasteiger partial charge >= 0.3 is 5.97 Å². The Kier molecular flexibility index (Phi) is 4.11. The molecule has 2 heterocycles. The molecule has 0 radical (unpaired) electrons. The summed E-state index contributed by atoms with van der Waals surface area (Å²) < 4.78 is 1.95. The van der Waals surface area contributed by atoms with Gasteiger partial charge in [0.1, 0.15) is 0 Å². The largest absolute Gasteiger partial charge is 0.481 e. The van der Waals surface area contributed by atoms with Crippen LogP contribution in [0.25, 0.3) is 0 Å². The number of carboxylic acids is 1. The van der Waals surface area contributed by atoms with Crippen molar-refractivity contribution in [2.24, 2.45) is 5.92 Å². The van der Waals surface area contributed by atoms with E-state index in [2.05, 4.69) is 11.9 Å². The van der Waals surface area contributed by atoms with Crippen molar-refractivity contribution in [3.05, 3.63) is 18.2 Å². The second-order valence-corrected chi connectivity index (χ2v) is 5.50. The third-order valence-electron chi connectivity index (χ3n) is 3.75. The molecule has 1 aromatic heterocycles. The molecule has 6 nitrogen and oxygen atoms in total. The van der Waals surface area contributed by atoms with Gasteiger partial charge in [-0.25, -0.2) is 4.98 Å². The number of rotatable bonds is 5. The van der Waals surface area contributed by atoms with Gasteiger partial charge in [0.15, 0.2) is 0 Å². The van der Waals surface area contributed by atoms with Crippen molar-refractivity contribution >= 4 is 11.9 Å². The summed E-state index contributed by atoms with van der Waals surface area (Å²) in [7, 11) is 0. The summed E-state index contributed by atoms with van der Waals surface area (Å²) in [4.78, 5) is 29.4. The number of carbonyl (C=O) groups excluding carboxylic acids is 1. The summed E-state index contributed by atoms with van der Waals surface area (Å²) in [6.45, 7) is 6.65. The van der Waals surface area contributed by atoms with E-state index in [1.165, 1.54) is 0 Å². The molecule has 110 valence electrons. The maximum Gasteiger partial charge on any atom is 0.309 e. The lowest BCUT2D eigenvalue weighted by Gasteiger charge is -2.30. The number of imidazole rings is 1. The van der Waals surface area contributed by atoms with Gasteiger partial charge in [-0.3, -0.25) is 9.59 Å². The molecule has 1 amide bonds. The maximum atomic E-state index is 12.1. The van der Waals surface area contributed by atoms with E-state index in [-0.39, 0.29) is 18.4 Å². The third-order valence-corrected chi connectivity index (χ3v) is 3.75. The smallest absolute Gasteiger partial charge is 0.309 e. The van der Waals surface area contributed by atoms with Crippen LogP contribution in [0.3, 0.4) is 0 Å². The van der Waals surface area contributed by atoms with E-state index in [0.29, 0.717) is 0 Å². The highest BCUT2D eigenvalue weighted by Gasteiger charge is 2.46. The molecule has 2 atom stereocenters. The number of aromatic nitrogens is 2. The minimum atomic E-state index is -0.921. The van der Waals surface area contributed by atoms with Crippen LogP contribution >= 0.6 is 0 Å². The first kappa shape index (κ1) is 14.6. The van der Waals surface area contributed by atoms with E-state index in [0.717, 1.165) is 18.7 Å². The molecule has 2 rings (SSSR count). The molecule has 1 saturated heterocycles. The standard InChI is InChI=1S/C14H21N3O3/c1-4-5-16-8-15-7-11(16)13-10(14(19)20)6-12(18)17(13)9(2)3/h7-10,13H,4-6H2,1-3H3,(H,19,20). The first-order valence-electron chi connectivity index (χ1n) is 7.01. The molecular formula is C14H21N3O3. The molecule has 0 bridgehead atoms. The van der Waals surface area contributed by atoms with Crippen molar-refractivity contribution in [1.82, 2.24) is 14.5 Å². The Bertz CT molecular complexity index is 510. The number of carbonyl (C=O) groups is 2. The second-order valence-electron chi connectivity index (χ2n) is 5.50. The molecule has 0 spiro atoms. The van der Waals surface area contributed by atoms with Crippen LogP contribution in [0.2, 0.25) is 0 Å². The molecule has 1 aliphatic heterocycles. The Hall–Kier alpha value is -1.85. The number of nitrogens with zero attached hydrogens (tertiary/aromatic N) is 3. The maximum absolute atomic E-state index is 12.1. The van der Waals surface area contributed by atoms with E-state index in [4.69, 9.17) is 0 Å². The zero-order valence-corrected chi connectivity index (χ0v) is 12.1. The van der Waals surface area contributed by atoms with Crippen LogP contribution in [0.1, 0.15) is 45.3 Å². The van der Waals surface area contributed by atoms with Gasteiger partial charge in [-0.15, -0.1) is 0 Å². The monoisotopic (exact) mass is 279 g/mol. The van der Waals surface area contributed by atoms with Crippen molar-refractivity contribution in [1.29, 1.82) is 0 Å². The van der Waals surface area contributed by atoms with Crippen molar-refractivity contribution in [2.45, 2.75) is 52.2 Å². The second kappa shape index (κ2) is 5.64. The number of amides is 1. The van der Waals surface area contributed by atoms with Crippen LogP contribution in [0.4, 0.5) is 0 Å². The predicted molar refractivity (Wildman–Crippen MR) is 73.0 cm³/mol. The van der Waals surface area contributed by atoms with E-state index in [1.54, 1.807) is 17.4 Å². The number of aliphatic carboxylic acids is 1. The molecule has 0 saturated carbocycles. The summed E-state index contributed by atoms with van der Waals surface area (Å²) in [6.07, 6.45) is 4.39. The van der Waals surface area contributed by atoms with E-state index < -0.39 is 17.9 Å². The summed E-state index contributed by atoms with van der Waals surface area (Å²) >= 11 is 0. The van der Waals surface area contributed by atoms with Crippen LogP contribution in [-0.2, 0) is 16.1 Å². The number of hydrogen-bond acceptors (Lipinski definition) is 3. The number of aryl methyl sites for hydroxylation is 1. The van der Waals surface area contributed by atoms with Crippen LogP contribution in [-0.4, -0.2) is 37.5 Å². The topological polar surface area (TPSA) is 75.4 Å². The Morgan fingerprint density at radius 3 is 2.80 bits per heavy atom. The molecule has 1 aliphatic rings. The van der Waals surface area contributed by atoms with Gasteiger partial charge in [0, 0.05) is 19.0 Å². The van der Waals surface area contributed by atoms with Gasteiger partial charge in [0.05, 0.1) is 30.2 Å². The van der Waals surface area contributed by atoms with Gasteiger partial charge in [-0.1, -0.05) is 6.92 Å². The molecular weight excluding hydrogens is 258 g/mol. The summed E-state index contributed by atoms with van der Waals surface area (Å²) in [5, 5.41) is 9.41. The Morgan fingerprint density at radius 2 is 2.25 bits per heavy atom. The molecule has 0 aromatic carbocycles. The first-order valence-corrected chi connectivity index (χ1v) is 7.01. The predicted octanol–water partition coefficient (Wildman–Crippen LogP) is 1.68. The zero-order chi connectivity index (χ0) is 14.9. The van der Waals surface area contributed by atoms with Gasteiger partial charge in [0.2, 0.25) is 5.91 Å². The Balaban J connectivity index is 2.44. The van der Waals surface area contributed by atoms with Crippen molar-refractivity contribution in [3.63, 3.8) is 0 Å². The fourth-order valence-electron chi connectivity index (χ4n) is 2.94. The van der Waals surface area contributed by atoms with E-state index >= 15 is 0 Å². The molecule has 6 heteroatoms. The van der Waals surface area contributed by atoms with Gasteiger partial charge in [-0.2, -0.15) is 0 Å². The van der Waals surface area contributed by atoms with E-state index in [9.17, 15) is 14.7 Å². The van der Waals surface area contributed by atoms with Crippen LogP contribution in [0.15, 0.2) is 12.5 Å². The van der Waals surface area contributed by atoms with Crippen molar-refractivity contribution in [3.8, 4) is 0 Å². The summed E-state index contributed by atoms with van der Waals surface area (Å²) in [5.74, 6) is -1.71. The summed E-state index contributed by atoms with van der Waals surface area (Å²) in [5.41, 5.74) is 0.818. The molecule has 1 fully saturated rings. The van der Waals surface area contributed by atoms with Gasteiger partial charge in [-0.05, 0) is 20.3 Å². The third kappa shape index (κ3) is 2.42. The average molecular weight is 279 g/mol. The number of carboxylic acid groups (broad SMARTS) is 1. The quantitative estimate of drug-likeness (QED) is 0.889. The highest BCUT2D eigenvalue weighted by molar-refractivity contribution is 5.87. The fourth-order valence-corrected chi connectivity index (χ4v) is 2.94. The molecule has 1 aromatic rings. The summed E-state index contributed by atoms with van der Waals surface area (Å²) in [6, 6.07) is -0.448. The van der Waals surface area contributed by atoms with Crippen molar-refractivity contribution in [2.75, 3.05) is 0 Å². The number of hydrogen-bond donors (Lipinski definition) is 1. The van der Waals surface area contributed by atoms with Crippen molar-refractivity contribution < 1.29 is 14.7 Å². The lowest BCUT2D eigenvalue weighted by Crippen LogP contribution is -2.37. The van der Waals surface area contributed by atoms with Gasteiger partial charge < -0.3 is 14.6 Å². The van der Waals surface area contributed by atoms with E-state index in [1.807, 2.05) is 18.4 Å². The first-order chi connectivity index (χ1) is 9.47. The van der Waals surface area contributed by atoms with Gasteiger partial charge in [0.25, 0.3) is 0 Å². The minimum Gasteiger partial charge on any atom is -0.481 e. The van der Waals surface area contributed by atoms with Crippen LogP contribution < -0.4 is 0 Å². The zero-order valence-electron chi connectivity index (χ0n) is 12.1. The lowest BCUT2D eigenvalue weighted by molar-refractivity contribution is -0.142. The highest BCUT2D eigenvalue weighted by Crippen LogP contribution is 2.39. The number of likely N-dealkylation sites (tertiary alicyclic amines) is 1. The van der Waals surface area contributed by atoms with Crippen LogP contribution in [0, 0.1) is 5.92 Å². The fraction of sp³-hybridized carbons (Fsp3) is 0.643. The molecule has 2 unspecified atom stereocenters. The molecule has 1 N–H and O–H groups in total. The SMILES string of the molecule is CCCn1cncc1C1C(C(=O)O)CC(=O)N1C(C)C. The Labute approximate surface area is 118 Å². The highest BCUT2D eigenvalue weighted by atomic mass is 16.4. The molecule has 0 aliphatic carbocycles. The average Bonchev–Trinajstić information content (AvgIpc) is 2.93. The normalized spacial score (nSPS) is 22.8. The Morgan fingerprint density at radius 1 is 1.55 bits per heavy atom.